The van der Waals surface area contributed by atoms with E-state index in [2.05, 4.69) is 5.32 Å². The van der Waals surface area contributed by atoms with Crippen LogP contribution in [0.1, 0.15) is 18.9 Å². The molecule has 0 atom stereocenters. The molecule has 0 fully saturated rings. The predicted molar refractivity (Wildman–Crippen MR) is 69.8 cm³/mol. The van der Waals surface area contributed by atoms with Crippen molar-refractivity contribution in [2.75, 3.05) is 6.54 Å². The first-order chi connectivity index (χ1) is 7.86. The summed E-state index contributed by atoms with van der Waals surface area (Å²) in [5.74, 6) is 0. The number of nitrogens with two attached hydrogens (primary N) is 1. The Labute approximate surface area is 111 Å². The van der Waals surface area contributed by atoms with Crippen LogP contribution < -0.4 is 10.5 Å². The summed E-state index contributed by atoms with van der Waals surface area (Å²) in [6.45, 7) is 3.30. The Morgan fingerprint density at radius 3 is 2.53 bits per heavy atom. The molecule has 0 aliphatic rings. The van der Waals surface area contributed by atoms with Gasteiger partial charge in [0, 0.05) is 11.6 Å². The zero-order valence-corrected chi connectivity index (χ0v) is 11.7. The maximum atomic E-state index is 11.3. The third-order valence-corrected chi connectivity index (χ3v) is 3.84. The minimum atomic E-state index is -3.85. The standard InChI is InChI=1S/C10H14Cl2N2O2S/c1-2-3-14-6-7-4-8(11)5-9(10(7)12)17(13,15)16/h4-5,14H,2-3,6H2,1H3,(H2,13,15,16). The predicted octanol–water partition coefficient (Wildman–Crippen LogP) is 2.14. The monoisotopic (exact) mass is 296 g/mol. The SMILES string of the molecule is CCCNCc1cc(Cl)cc(S(N)(=O)=O)c1Cl. The summed E-state index contributed by atoms with van der Waals surface area (Å²) in [4.78, 5) is -0.139. The van der Waals surface area contributed by atoms with Crippen LogP contribution >= 0.6 is 23.2 Å². The summed E-state index contributed by atoms with van der Waals surface area (Å²) in [5.41, 5.74) is 0.622. The van der Waals surface area contributed by atoms with Crippen LogP contribution in [-0.4, -0.2) is 15.0 Å². The average Bonchev–Trinajstić information content (AvgIpc) is 2.21. The second-order valence-corrected chi connectivity index (χ2v) is 5.94. The number of benzene rings is 1. The van der Waals surface area contributed by atoms with Gasteiger partial charge < -0.3 is 5.32 Å². The fraction of sp³-hybridized carbons (Fsp3) is 0.400. The third kappa shape index (κ3) is 4.12. The topological polar surface area (TPSA) is 72.2 Å². The molecular formula is C10H14Cl2N2O2S. The Morgan fingerprint density at radius 2 is 2.00 bits per heavy atom. The van der Waals surface area contributed by atoms with Crippen LogP contribution in [0.4, 0.5) is 0 Å². The summed E-state index contributed by atoms with van der Waals surface area (Å²) in [7, 11) is -3.85. The summed E-state index contributed by atoms with van der Waals surface area (Å²) >= 11 is 11.8. The lowest BCUT2D eigenvalue weighted by atomic mass is 10.2. The maximum Gasteiger partial charge on any atom is 0.239 e. The molecule has 0 aromatic heterocycles. The van der Waals surface area contributed by atoms with Crippen molar-refractivity contribution >= 4 is 33.2 Å². The fourth-order valence-electron chi connectivity index (χ4n) is 1.35. The summed E-state index contributed by atoms with van der Waals surface area (Å²) in [6.07, 6.45) is 0.972. The third-order valence-electron chi connectivity index (χ3n) is 2.13. The van der Waals surface area contributed by atoms with E-state index in [0.717, 1.165) is 13.0 Å². The molecule has 0 bridgehead atoms. The van der Waals surface area contributed by atoms with Gasteiger partial charge >= 0.3 is 0 Å². The minimum Gasteiger partial charge on any atom is -0.313 e. The molecule has 96 valence electrons. The number of halogens is 2. The van der Waals surface area contributed by atoms with E-state index in [0.29, 0.717) is 17.1 Å². The highest BCUT2D eigenvalue weighted by atomic mass is 35.5. The van der Waals surface area contributed by atoms with E-state index in [4.69, 9.17) is 28.3 Å². The molecule has 0 radical (unpaired) electrons. The Morgan fingerprint density at radius 1 is 1.35 bits per heavy atom. The Hall–Kier alpha value is -0.330. The molecule has 0 saturated heterocycles. The highest BCUT2D eigenvalue weighted by molar-refractivity contribution is 7.89. The largest absolute Gasteiger partial charge is 0.313 e. The van der Waals surface area contributed by atoms with Gasteiger partial charge in [0.05, 0.1) is 5.02 Å². The van der Waals surface area contributed by atoms with Gasteiger partial charge in [0.1, 0.15) is 4.90 Å². The van der Waals surface area contributed by atoms with Crippen molar-refractivity contribution in [2.24, 2.45) is 5.14 Å². The number of primary sulfonamides is 1. The molecule has 0 spiro atoms. The normalized spacial score (nSPS) is 11.8. The molecule has 4 nitrogen and oxygen atoms in total. The lowest BCUT2D eigenvalue weighted by Gasteiger charge is -2.10. The smallest absolute Gasteiger partial charge is 0.239 e. The van der Waals surface area contributed by atoms with Gasteiger partial charge in [-0.15, -0.1) is 0 Å². The molecule has 1 aromatic rings. The number of hydrogen-bond acceptors (Lipinski definition) is 3. The lowest BCUT2D eigenvalue weighted by molar-refractivity contribution is 0.597. The molecule has 1 aromatic carbocycles. The average molecular weight is 297 g/mol. The van der Waals surface area contributed by atoms with Crippen molar-refractivity contribution in [1.29, 1.82) is 0 Å². The molecule has 7 heteroatoms. The minimum absolute atomic E-state index is 0.125. The van der Waals surface area contributed by atoms with Gasteiger partial charge in [0.2, 0.25) is 10.0 Å². The van der Waals surface area contributed by atoms with Gasteiger partial charge in [-0.05, 0) is 30.7 Å². The Balaban J connectivity index is 3.11. The number of hydrogen-bond donors (Lipinski definition) is 2. The Bertz CT molecular complexity index is 503. The van der Waals surface area contributed by atoms with Crippen LogP contribution in [0.15, 0.2) is 17.0 Å². The van der Waals surface area contributed by atoms with Gasteiger partial charge in [-0.3, -0.25) is 0 Å². The second-order valence-electron chi connectivity index (χ2n) is 3.60. The van der Waals surface area contributed by atoms with Gasteiger partial charge in [-0.25, -0.2) is 13.6 Å². The molecule has 0 aliphatic carbocycles. The summed E-state index contributed by atoms with van der Waals surface area (Å²) in [5, 5.41) is 8.60. The van der Waals surface area contributed by atoms with Crippen molar-refractivity contribution in [1.82, 2.24) is 5.32 Å². The van der Waals surface area contributed by atoms with Crippen LogP contribution in [0, 0.1) is 0 Å². The van der Waals surface area contributed by atoms with E-state index in [1.54, 1.807) is 6.07 Å². The van der Waals surface area contributed by atoms with Gasteiger partial charge in [0.15, 0.2) is 0 Å². The zero-order valence-electron chi connectivity index (χ0n) is 9.33. The van der Waals surface area contributed by atoms with Crippen LogP contribution in [0.25, 0.3) is 0 Å². The summed E-state index contributed by atoms with van der Waals surface area (Å²) in [6, 6.07) is 2.88. The van der Waals surface area contributed by atoms with Crippen LogP contribution in [0.5, 0.6) is 0 Å². The first-order valence-corrected chi connectivity index (χ1v) is 7.38. The van der Waals surface area contributed by atoms with Gasteiger partial charge in [-0.2, -0.15) is 0 Å². The van der Waals surface area contributed by atoms with Gasteiger partial charge in [-0.1, -0.05) is 30.1 Å². The quantitative estimate of drug-likeness (QED) is 0.818. The molecule has 3 N–H and O–H groups in total. The summed E-state index contributed by atoms with van der Waals surface area (Å²) < 4.78 is 22.6. The van der Waals surface area contributed by atoms with Crippen molar-refractivity contribution in [2.45, 2.75) is 24.8 Å². The van der Waals surface area contributed by atoms with E-state index in [9.17, 15) is 8.42 Å². The van der Waals surface area contributed by atoms with E-state index in [1.807, 2.05) is 6.92 Å². The second kappa shape index (κ2) is 6.02. The number of sulfonamides is 1. The molecule has 0 unspecified atom stereocenters. The molecule has 17 heavy (non-hydrogen) atoms. The van der Waals surface area contributed by atoms with Crippen LogP contribution in [0.3, 0.4) is 0 Å². The molecule has 0 aliphatic heterocycles. The van der Waals surface area contributed by atoms with Gasteiger partial charge in [0.25, 0.3) is 0 Å². The van der Waals surface area contributed by atoms with E-state index >= 15 is 0 Å². The van der Waals surface area contributed by atoms with E-state index < -0.39 is 10.0 Å². The van der Waals surface area contributed by atoms with Crippen molar-refractivity contribution in [3.63, 3.8) is 0 Å². The molecule has 0 heterocycles. The van der Waals surface area contributed by atoms with Crippen molar-refractivity contribution in [3.8, 4) is 0 Å². The number of nitrogens with one attached hydrogen (secondary N) is 1. The van der Waals surface area contributed by atoms with Crippen LogP contribution in [-0.2, 0) is 16.6 Å². The lowest BCUT2D eigenvalue weighted by Crippen LogP contribution is -2.17. The van der Waals surface area contributed by atoms with Crippen molar-refractivity contribution in [3.05, 3.63) is 27.7 Å². The first-order valence-electron chi connectivity index (χ1n) is 5.07. The number of rotatable bonds is 5. The Kier molecular flexibility index (Phi) is 5.22. The highest BCUT2D eigenvalue weighted by Gasteiger charge is 2.17. The zero-order chi connectivity index (χ0) is 13.1. The maximum absolute atomic E-state index is 11.3. The van der Waals surface area contributed by atoms with E-state index in [-0.39, 0.29) is 9.92 Å². The fourth-order valence-corrected chi connectivity index (χ4v) is 2.83. The van der Waals surface area contributed by atoms with E-state index in [1.165, 1.54) is 6.07 Å². The molecule has 1 rings (SSSR count). The first kappa shape index (κ1) is 14.7. The molecule has 0 saturated carbocycles. The highest BCUT2D eigenvalue weighted by Crippen LogP contribution is 2.28. The molecule has 0 amide bonds. The van der Waals surface area contributed by atoms with Crippen molar-refractivity contribution < 1.29 is 8.42 Å². The molecular weight excluding hydrogens is 283 g/mol. The van der Waals surface area contributed by atoms with Crippen LogP contribution in [0.2, 0.25) is 10.0 Å².